The summed E-state index contributed by atoms with van der Waals surface area (Å²) in [4.78, 5) is 27.3. The van der Waals surface area contributed by atoms with Gasteiger partial charge < -0.3 is 15.3 Å². The molecule has 0 unspecified atom stereocenters. The lowest BCUT2D eigenvalue weighted by atomic mass is 9.76. The fourth-order valence-corrected chi connectivity index (χ4v) is 5.55. The highest BCUT2D eigenvalue weighted by molar-refractivity contribution is 5.99. The van der Waals surface area contributed by atoms with Crippen LogP contribution in [0, 0.1) is 5.41 Å². The average Bonchev–Trinajstić information content (AvgIpc) is 3.42. The Kier molecular flexibility index (Phi) is 6.90. The van der Waals surface area contributed by atoms with Gasteiger partial charge in [0.15, 0.2) is 0 Å². The van der Waals surface area contributed by atoms with Crippen LogP contribution in [0.2, 0.25) is 0 Å². The number of nitrogens with zero attached hydrogens (tertiary/aromatic N) is 2. The predicted molar refractivity (Wildman–Crippen MR) is 143 cm³/mol. The van der Waals surface area contributed by atoms with Gasteiger partial charge in [-0.05, 0) is 79.3 Å². The SMILES string of the molecule is CC1(C)CCc2c(-c3ccc4c(c3)CN(Cc3ccc(C(=O)NC5CCC5)cc3)C4=O)n[nH]c2C1.CO. The predicted octanol–water partition coefficient (Wildman–Crippen LogP) is 4.64. The molecule has 2 amide bonds. The van der Waals surface area contributed by atoms with Crippen molar-refractivity contribution >= 4 is 11.8 Å². The number of aliphatic hydroxyl groups excluding tert-OH is 1. The van der Waals surface area contributed by atoms with Crippen molar-refractivity contribution < 1.29 is 14.7 Å². The molecule has 37 heavy (non-hydrogen) atoms. The second kappa shape index (κ2) is 10.1. The second-order valence-electron chi connectivity index (χ2n) is 11.2. The van der Waals surface area contributed by atoms with E-state index in [1.807, 2.05) is 41.3 Å². The molecule has 3 aliphatic rings. The van der Waals surface area contributed by atoms with E-state index in [0.29, 0.717) is 30.1 Å². The third-order valence-corrected chi connectivity index (χ3v) is 7.95. The summed E-state index contributed by atoms with van der Waals surface area (Å²) < 4.78 is 0. The Hall–Kier alpha value is -3.45. The molecule has 6 rings (SSSR count). The second-order valence-corrected chi connectivity index (χ2v) is 11.2. The van der Waals surface area contributed by atoms with Crippen molar-refractivity contribution in [3.63, 3.8) is 0 Å². The molecule has 3 aromatic rings. The lowest BCUT2D eigenvalue weighted by Gasteiger charge is -2.29. The van der Waals surface area contributed by atoms with Crippen molar-refractivity contribution in [2.24, 2.45) is 5.41 Å². The van der Waals surface area contributed by atoms with Gasteiger partial charge in [0.05, 0.1) is 5.69 Å². The van der Waals surface area contributed by atoms with E-state index < -0.39 is 0 Å². The maximum atomic E-state index is 13.1. The fraction of sp³-hybridized carbons (Fsp3) is 0.433. The van der Waals surface area contributed by atoms with Crippen LogP contribution in [-0.2, 0) is 25.9 Å². The van der Waals surface area contributed by atoms with E-state index in [1.54, 1.807) is 0 Å². The summed E-state index contributed by atoms with van der Waals surface area (Å²) in [6, 6.07) is 14.1. The molecule has 2 heterocycles. The Bertz CT molecular complexity index is 1300. The Labute approximate surface area is 218 Å². The van der Waals surface area contributed by atoms with Crippen LogP contribution < -0.4 is 5.32 Å². The number of aromatic nitrogens is 2. The van der Waals surface area contributed by atoms with Gasteiger partial charge in [-0.25, -0.2) is 0 Å². The molecule has 3 N–H and O–H groups in total. The third kappa shape index (κ3) is 5.05. The van der Waals surface area contributed by atoms with Gasteiger partial charge in [0.1, 0.15) is 0 Å². The third-order valence-electron chi connectivity index (χ3n) is 7.95. The number of carbonyl (C=O) groups is 2. The number of aromatic amines is 1. The van der Waals surface area contributed by atoms with Crippen LogP contribution in [0.5, 0.6) is 0 Å². The molecule has 0 radical (unpaired) electrons. The lowest BCUT2D eigenvalue weighted by Crippen LogP contribution is -2.39. The minimum atomic E-state index is -0.0115. The molecule has 0 saturated heterocycles. The smallest absolute Gasteiger partial charge is 0.254 e. The first-order valence-corrected chi connectivity index (χ1v) is 13.2. The van der Waals surface area contributed by atoms with Gasteiger partial charge in [0, 0.05) is 54.2 Å². The maximum absolute atomic E-state index is 13.1. The summed E-state index contributed by atoms with van der Waals surface area (Å²) in [5.41, 5.74) is 8.51. The Morgan fingerprint density at radius 3 is 2.62 bits per heavy atom. The minimum absolute atomic E-state index is 0.0115. The monoisotopic (exact) mass is 500 g/mol. The van der Waals surface area contributed by atoms with E-state index in [0.717, 1.165) is 67.2 Å². The number of fused-ring (bicyclic) bond motifs is 2. The van der Waals surface area contributed by atoms with Gasteiger partial charge >= 0.3 is 0 Å². The molecule has 2 aliphatic carbocycles. The van der Waals surface area contributed by atoms with Crippen LogP contribution in [0.15, 0.2) is 42.5 Å². The molecule has 0 bridgehead atoms. The van der Waals surface area contributed by atoms with Crippen LogP contribution >= 0.6 is 0 Å². The van der Waals surface area contributed by atoms with Crippen molar-refractivity contribution in [2.75, 3.05) is 7.11 Å². The number of hydrogen-bond donors (Lipinski definition) is 3. The molecular formula is C30H36N4O3. The zero-order valence-corrected chi connectivity index (χ0v) is 21.9. The molecule has 0 atom stereocenters. The average molecular weight is 501 g/mol. The maximum Gasteiger partial charge on any atom is 0.254 e. The Balaban J connectivity index is 0.00000137. The highest BCUT2D eigenvalue weighted by Crippen LogP contribution is 2.38. The number of hydrogen-bond acceptors (Lipinski definition) is 4. The standard InChI is InChI=1S/C29H32N4O2.CH4O/c1-29(2)13-12-24-25(15-29)31-32-26(24)20-10-11-23-21(14-20)17-33(28(23)35)16-18-6-8-19(9-7-18)27(34)30-22-4-3-5-22;1-2/h6-11,14,22H,3-5,12-13,15-17H2,1-2H3,(H,30,34)(H,31,32);2H,1H3. The van der Waals surface area contributed by atoms with Crippen molar-refractivity contribution in [1.29, 1.82) is 0 Å². The number of aliphatic hydroxyl groups is 1. The van der Waals surface area contributed by atoms with E-state index in [4.69, 9.17) is 5.11 Å². The molecule has 1 aliphatic heterocycles. The molecule has 2 aromatic carbocycles. The quantitative estimate of drug-likeness (QED) is 0.475. The molecular weight excluding hydrogens is 464 g/mol. The number of rotatable bonds is 5. The zero-order chi connectivity index (χ0) is 26.2. The molecule has 1 fully saturated rings. The number of nitrogens with one attached hydrogen (secondary N) is 2. The van der Waals surface area contributed by atoms with E-state index in [-0.39, 0.29) is 11.8 Å². The Morgan fingerprint density at radius 2 is 1.92 bits per heavy atom. The first kappa shape index (κ1) is 25.2. The van der Waals surface area contributed by atoms with Crippen LogP contribution in [0.1, 0.15) is 82.6 Å². The molecule has 7 nitrogen and oxygen atoms in total. The van der Waals surface area contributed by atoms with Gasteiger partial charge in [0.25, 0.3) is 11.8 Å². The van der Waals surface area contributed by atoms with E-state index in [1.165, 1.54) is 17.7 Å². The first-order valence-electron chi connectivity index (χ1n) is 13.2. The van der Waals surface area contributed by atoms with Crippen molar-refractivity contribution in [3.8, 4) is 11.3 Å². The van der Waals surface area contributed by atoms with Crippen LogP contribution in [0.3, 0.4) is 0 Å². The summed E-state index contributed by atoms with van der Waals surface area (Å²) in [5.74, 6) is 0.0479. The number of amides is 2. The highest BCUT2D eigenvalue weighted by atomic mass is 16.2. The van der Waals surface area contributed by atoms with Crippen LogP contribution in [0.25, 0.3) is 11.3 Å². The van der Waals surface area contributed by atoms with Crippen molar-refractivity contribution in [3.05, 3.63) is 76.0 Å². The lowest BCUT2D eigenvalue weighted by molar-refractivity contribution is 0.0766. The summed E-state index contributed by atoms with van der Waals surface area (Å²) in [5, 5.41) is 18.0. The van der Waals surface area contributed by atoms with E-state index in [9.17, 15) is 9.59 Å². The molecule has 1 aromatic heterocycles. The fourth-order valence-electron chi connectivity index (χ4n) is 5.55. The van der Waals surface area contributed by atoms with E-state index in [2.05, 4.69) is 35.4 Å². The molecule has 1 saturated carbocycles. The minimum Gasteiger partial charge on any atom is -0.400 e. The summed E-state index contributed by atoms with van der Waals surface area (Å²) >= 11 is 0. The zero-order valence-electron chi connectivity index (χ0n) is 21.9. The summed E-state index contributed by atoms with van der Waals surface area (Å²) in [6.07, 6.45) is 6.55. The first-order chi connectivity index (χ1) is 17.9. The van der Waals surface area contributed by atoms with Gasteiger partial charge in [-0.15, -0.1) is 0 Å². The van der Waals surface area contributed by atoms with E-state index >= 15 is 0 Å². The van der Waals surface area contributed by atoms with Gasteiger partial charge in [-0.3, -0.25) is 14.7 Å². The molecule has 7 heteroatoms. The summed E-state index contributed by atoms with van der Waals surface area (Å²) in [6.45, 7) is 5.74. The number of H-pyrrole nitrogens is 1. The van der Waals surface area contributed by atoms with Crippen molar-refractivity contribution in [1.82, 2.24) is 20.4 Å². The van der Waals surface area contributed by atoms with Crippen LogP contribution in [0.4, 0.5) is 0 Å². The number of benzene rings is 2. The Morgan fingerprint density at radius 1 is 1.16 bits per heavy atom. The summed E-state index contributed by atoms with van der Waals surface area (Å²) in [7, 11) is 1.00. The highest BCUT2D eigenvalue weighted by Gasteiger charge is 2.31. The van der Waals surface area contributed by atoms with Crippen molar-refractivity contribution in [2.45, 2.75) is 71.5 Å². The van der Waals surface area contributed by atoms with Gasteiger partial charge in [-0.2, -0.15) is 5.10 Å². The topological polar surface area (TPSA) is 98.3 Å². The number of carbonyl (C=O) groups excluding carboxylic acids is 2. The largest absolute Gasteiger partial charge is 0.400 e. The van der Waals surface area contributed by atoms with Crippen LogP contribution in [-0.4, -0.2) is 45.2 Å². The molecule has 194 valence electrons. The molecule has 0 spiro atoms. The van der Waals surface area contributed by atoms with Gasteiger partial charge in [-0.1, -0.05) is 32.0 Å². The normalized spacial score (nSPS) is 17.8. The van der Waals surface area contributed by atoms with Gasteiger partial charge in [0.2, 0.25) is 0 Å².